The summed E-state index contributed by atoms with van der Waals surface area (Å²) in [6, 6.07) is 33.8. The topological polar surface area (TPSA) is 205 Å². The van der Waals surface area contributed by atoms with E-state index in [2.05, 4.69) is 197 Å². The molecule has 0 bridgehead atoms. The Kier molecular flexibility index (Phi) is 26.8. The predicted octanol–water partition coefficient (Wildman–Crippen LogP) is 11.5. The van der Waals surface area contributed by atoms with Crippen molar-refractivity contribution in [3.8, 4) is 0 Å². The van der Waals surface area contributed by atoms with Crippen LogP contribution in [0.15, 0.2) is 121 Å². The highest BCUT2D eigenvalue weighted by Crippen LogP contribution is 2.38. The van der Waals surface area contributed by atoms with E-state index in [-0.39, 0.29) is 11.5 Å². The van der Waals surface area contributed by atoms with Crippen LogP contribution in [0.4, 0.5) is 45.5 Å². The smallest absolute Gasteiger partial charge is 0.264 e. The summed E-state index contributed by atoms with van der Waals surface area (Å²) in [6.45, 7) is 14.5. The molecule has 0 atom stereocenters. The molecule has 4 aromatic rings. The number of hydrogen-bond donors (Lipinski definition) is 4. The maximum absolute atomic E-state index is 11.4. The summed E-state index contributed by atoms with van der Waals surface area (Å²) in [7, 11) is -8.04. The van der Waals surface area contributed by atoms with Crippen LogP contribution in [-0.4, -0.2) is 128 Å². The summed E-state index contributed by atoms with van der Waals surface area (Å²) < 4.78 is 77.6. The number of benzene rings is 4. The zero-order valence-electron chi connectivity index (χ0n) is 44.1. The van der Waals surface area contributed by atoms with Gasteiger partial charge in [-0.1, -0.05) is 10.1 Å². The number of unbranched alkanes of at least 4 members (excludes halogenated alkanes) is 4. The van der Waals surface area contributed by atoms with Crippen LogP contribution in [0, 0.1) is 0 Å². The summed E-state index contributed by atoms with van der Waals surface area (Å²) >= 11 is 2.14. The monoisotopic (exact) mass is 1130 g/mol. The van der Waals surface area contributed by atoms with E-state index in [0.717, 1.165) is 146 Å². The second-order valence-corrected chi connectivity index (χ2v) is 22.6. The summed E-state index contributed by atoms with van der Waals surface area (Å²) in [5.41, 5.74) is 9.89. The van der Waals surface area contributed by atoms with Gasteiger partial charge in [0.1, 0.15) is 13.1 Å². The second-order valence-electron chi connectivity index (χ2n) is 17.9. The van der Waals surface area contributed by atoms with E-state index in [1.54, 1.807) is 0 Å². The van der Waals surface area contributed by atoms with Gasteiger partial charge in [0.2, 0.25) is 17.1 Å². The molecule has 0 aliphatic heterocycles. The van der Waals surface area contributed by atoms with Gasteiger partial charge < -0.3 is 19.6 Å². The number of allylic oxidation sites excluding steroid dienone is 4. The Morgan fingerprint density at radius 2 is 0.803 bits per heavy atom. The van der Waals surface area contributed by atoms with E-state index < -0.39 is 20.2 Å². The van der Waals surface area contributed by atoms with Crippen LogP contribution in [0.5, 0.6) is 0 Å². The lowest BCUT2D eigenvalue weighted by Gasteiger charge is -2.28. The quantitative estimate of drug-likeness (QED) is 0.00636. The molecule has 0 amide bonds. The summed E-state index contributed by atoms with van der Waals surface area (Å²) in [5.74, 6) is 0.850. The maximum Gasteiger partial charge on any atom is 0.264 e. The van der Waals surface area contributed by atoms with Crippen LogP contribution in [0.2, 0.25) is 0 Å². The Morgan fingerprint density at radius 3 is 1.17 bits per heavy atom. The van der Waals surface area contributed by atoms with E-state index in [1.807, 2.05) is 0 Å². The third-order valence-electron chi connectivity index (χ3n) is 12.9. The molecule has 0 saturated heterocycles. The molecular formula is C54H76N6O12S4+2. The average molecular weight is 1130 g/mol. The van der Waals surface area contributed by atoms with E-state index in [1.165, 1.54) is 0 Å². The van der Waals surface area contributed by atoms with Gasteiger partial charge in [-0.05, 0) is 145 Å². The summed E-state index contributed by atoms with van der Waals surface area (Å²) in [5, 5.41) is 24.3. The van der Waals surface area contributed by atoms with Crippen LogP contribution in [0.3, 0.4) is 0 Å². The standard InChI is InChI=1S/C54H74N6O12S4/c1-5-55(37-9-13-41-73-71-69-61)45-17-25-49(26-18-45)59(50-27-19-46(20-28-50)56(6-2)38-10-14-42-74-72-70-62)53-33-35-54(36-34-53)60(51-29-21-47(22-30-51)57(7-3)39-11-15-43-75(63,64)65)52-31-23-48(24-32-52)58(8-4)40-12-16-44-76(66,67)68/h17-36H,5-16,37-44H2,1-4H3,(H2-2,61,62,63,64,65,66,67,68)/p+2. The highest BCUT2D eigenvalue weighted by Gasteiger charge is 2.24. The fourth-order valence-electron chi connectivity index (χ4n) is 8.99. The molecule has 0 fully saturated rings. The fraction of sp³-hybridized carbons (Fsp3) is 0.444. The third-order valence-corrected chi connectivity index (χ3v) is 15.7. The first kappa shape index (κ1) is 62.0. The van der Waals surface area contributed by atoms with Crippen molar-refractivity contribution in [2.75, 3.05) is 95.0 Å². The minimum atomic E-state index is -4.02. The largest absolute Gasteiger partial charge is 0.372 e. The molecule has 76 heavy (non-hydrogen) atoms. The van der Waals surface area contributed by atoms with Crippen LogP contribution >= 0.6 is 24.1 Å². The molecule has 0 unspecified atom stereocenters. The number of anilines is 6. The van der Waals surface area contributed by atoms with Gasteiger partial charge in [-0.2, -0.15) is 21.4 Å². The van der Waals surface area contributed by atoms with Crippen LogP contribution in [-0.2, 0) is 39.0 Å². The zero-order valence-corrected chi connectivity index (χ0v) is 47.3. The SMILES string of the molecule is CCN(CCCCSOOO)c1ccc([N+](=C2C=CC(=[N+](CC)CCCCSOOO)C=C2)c2ccc(N(c3ccc(N(CC)CCCCS(=O)(=O)O)cc3)c3ccc(N(CC)CCCCS(=O)(=O)O)cc3)cc2)cc1. The van der Waals surface area contributed by atoms with Crippen molar-refractivity contribution in [1.29, 1.82) is 0 Å². The van der Waals surface area contributed by atoms with Crippen molar-refractivity contribution in [3.63, 3.8) is 0 Å². The average Bonchev–Trinajstić information content (AvgIpc) is 3.41. The van der Waals surface area contributed by atoms with Gasteiger partial charge in [0.25, 0.3) is 20.2 Å². The molecule has 4 N–H and O–H groups in total. The van der Waals surface area contributed by atoms with Gasteiger partial charge in [0, 0.05) is 164 Å². The van der Waals surface area contributed by atoms with Gasteiger partial charge >= 0.3 is 0 Å². The lowest BCUT2D eigenvalue weighted by molar-refractivity contribution is -0.523. The van der Waals surface area contributed by atoms with Gasteiger partial charge in [0.05, 0.1) is 11.5 Å². The Morgan fingerprint density at radius 1 is 0.461 bits per heavy atom. The molecule has 0 radical (unpaired) electrons. The molecular weight excluding hydrogens is 1050 g/mol. The number of nitrogens with zero attached hydrogens (tertiary/aromatic N) is 6. The molecule has 0 spiro atoms. The molecule has 22 heteroatoms. The first-order valence-corrected chi connectivity index (χ1v) is 31.0. The van der Waals surface area contributed by atoms with E-state index in [9.17, 15) is 25.9 Å². The molecule has 0 aromatic heterocycles. The Labute approximate surface area is 458 Å². The number of hydrogen-bond acceptors (Lipinski definition) is 16. The zero-order chi connectivity index (χ0) is 54.8. The molecule has 5 rings (SSSR count). The van der Waals surface area contributed by atoms with Crippen molar-refractivity contribution in [1.82, 2.24) is 4.58 Å². The lowest BCUT2D eigenvalue weighted by atomic mass is 10.1. The Balaban J connectivity index is 1.52. The summed E-state index contributed by atoms with van der Waals surface area (Å²) in [6.07, 6.45) is 14.2. The minimum absolute atomic E-state index is 0.268. The van der Waals surface area contributed by atoms with Crippen molar-refractivity contribution in [2.24, 2.45) is 0 Å². The highest BCUT2D eigenvalue weighted by atomic mass is 32.2. The van der Waals surface area contributed by atoms with Crippen LogP contribution in [0.1, 0.15) is 79.1 Å². The van der Waals surface area contributed by atoms with Crippen molar-refractivity contribution in [3.05, 3.63) is 121 Å². The van der Waals surface area contributed by atoms with Gasteiger partial charge in [0.15, 0.2) is 5.71 Å². The summed E-state index contributed by atoms with van der Waals surface area (Å²) in [4.78, 5) is 8.91. The van der Waals surface area contributed by atoms with Crippen LogP contribution < -0.4 is 24.2 Å². The molecule has 18 nitrogen and oxygen atoms in total. The lowest BCUT2D eigenvalue weighted by Crippen LogP contribution is -2.24. The molecule has 1 aliphatic carbocycles. The fourth-order valence-corrected chi connectivity index (χ4v) is 11.0. The maximum atomic E-state index is 11.4. The number of rotatable bonds is 36. The van der Waals surface area contributed by atoms with E-state index in [4.69, 9.17) is 10.5 Å². The van der Waals surface area contributed by atoms with E-state index in [0.29, 0.717) is 50.3 Å². The second kappa shape index (κ2) is 32.8. The Bertz CT molecular complexity index is 2600. The van der Waals surface area contributed by atoms with Crippen molar-refractivity contribution >= 4 is 101 Å². The molecule has 0 saturated carbocycles. The highest BCUT2D eigenvalue weighted by molar-refractivity contribution is 7.94. The van der Waals surface area contributed by atoms with Gasteiger partial charge in [-0.15, -0.1) is 8.67 Å². The molecule has 416 valence electrons. The Hall–Kier alpha value is -4.82. The normalized spacial score (nSPS) is 12.6. The van der Waals surface area contributed by atoms with Crippen molar-refractivity contribution < 1.29 is 59.8 Å². The minimum Gasteiger partial charge on any atom is -0.372 e. The molecule has 0 heterocycles. The van der Waals surface area contributed by atoms with Crippen molar-refractivity contribution in [2.45, 2.75) is 79.1 Å². The predicted molar refractivity (Wildman–Crippen MR) is 311 cm³/mol. The van der Waals surface area contributed by atoms with Gasteiger partial charge in [-0.25, -0.2) is 15.1 Å². The first-order chi connectivity index (χ1) is 36.7. The van der Waals surface area contributed by atoms with Gasteiger partial charge in [-0.3, -0.25) is 9.11 Å². The third kappa shape index (κ3) is 20.5. The van der Waals surface area contributed by atoms with E-state index >= 15 is 0 Å². The molecule has 4 aromatic carbocycles. The first-order valence-electron chi connectivity index (χ1n) is 25.9. The van der Waals surface area contributed by atoms with Crippen LogP contribution in [0.25, 0.3) is 0 Å². The molecule has 1 aliphatic rings.